The molecule has 1 fully saturated rings. The SMILES string of the molecule is Cc1ccccc1-n1nc(-c2nc(C3CNCCN3C)no2)c2c1CCC2.Cl. The van der Waals surface area contributed by atoms with Crippen molar-refractivity contribution in [3.05, 3.63) is 46.9 Å². The van der Waals surface area contributed by atoms with Crippen molar-refractivity contribution in [3.63, 3.8) is 0 Å². The summed E-state index contributed by atoms with van der Waals surface area (Å²) < 4.78 is 7.74. The molecule has 7 nitrogen and oxygen atoms in total. The van der Waals surface area contributed by atoms with E-state index in [-0.39, 0.29) is 18.4 Å². The van der Waals surface area contributed by atoms with Crippen LogP contribution < -0.4 is 5.32 Å². The van der Waals surface area contributed by atoms with Gasteiger partial charge in [0.2, 0.25) is 0 Å². The van der Waals surface area contributed by atoms with E-state index in [1.165, 1.54) is 16.8 Å². The molecular formula is C20H25ClN6O. The van der Waals surface area contributed by atoms with Gasteiger partial charge < -0.3 is 9.84 Å². The molecule has 3 aromatic rings. The van der Waals surface area contributed by atoms with Crippen LogP contribution in [-0.4, -0.2) is 51.5 Å². The normalized spacial score (nSPS) is 19.4. The molecule has 3 heterocycles. The molecule has 28 heavy (non-hydrogen) atoms. The van der Waals surface area contributed by atoms with Crippen molar-refractivity contribution in [3.8, 4) is 17.3 Å². The smallest absolute Gasteiger partial charge is 0.278 e. The van der Waals surface area contributed by atoms with Gasteiger partial charge in [-0.15, -0.1) is 12.4 Å². The number of aromatic nitrogens is 4. The van der Waals surface area contributed by atoms with Crippen LogP contribution in [0.3, 0.4) is 0 Å². The predicted octanol–water partition coefficient (Wildman–Crippen LogP) is 2.72. The molecule has 8 heteroatoms. The van der Waals surface area contributed by atoms with E-state index < -0.39 is 0 Å². The van der Waals surface area contributed by atoms with Crippen LogP contribution in [0.5, 0.6) is 0 Å². The van der Waals surface area contributed by atoms with E-state index in [1.54, 1.807) is 0 Å². The molecule has 1 N–H and O–H groups in total. The van der Waals surface area contributed by atoms with Crippen molar-refractivity contribution >= 4 is 12.4 Å². The highest BCUT2D eigenvalue weighted by Gasteiger charge is 2.30. The first-order valence-electron chi connectivity index (χ1n) is 9.64. The molecule has 1 aliphatic heterocycles. The van der Waals surface area contributed by atoms with Crippen molar-refractivity contribution in [1.29, 1.82) is 0 Å². The van der Waals surface area contributed by atoms with Crippen molar-refractivity contribution < 1.29 is 4.52 Å². The minimum absolute atomic E-state index is 0. The highest BCUT2D eigenvalue weighted by molar-refractivity contribution is 5.85. The summed E-state index contributed by atoms with van der Waals surface area (Å²) in [6.45, 7) is 4.93. The van der Waals surface area contributed by atoms with E-state index in [4.69, 9.17) is 14.6 Å². The van der Waals surface area contributed by atoms with Gasteiger partial charge in [0, 0.05) is 30.9 Å². The Morgan fingerprint density at radius 1 is 1.21 bits per heavy atom. The summed E-state index contributed by atoms with van der Waals surface area (Å²) in [7, 11) is 2.10. The number of halogens is 1. The second-order valence-electron chi connectivity index (χ2n) is 7.48. The number of piperazine rings is 1. The van der Waals surface area contributed by atoms with Crippen LogP contribution in [0.1, 0.15) is 35.1 Å². The van der Waals surface area contributed by atoms with Crippen LogP contribution in [0.25, 0.3) is 17.3 Å². The summed E-state index contributed by atoms with van der Waals surface area (Å²) in [4.78, 5) is 6.99. The third kappa shape index (κ3) is 3.13. The number of hydrogen-bond acceptors (Lipinski definition) is 6. The monoisotopic (exact) mass is 400 g/mol. The standard InChI is InChI=1S/C20H24N6O.ClH/c1-13-6-3-4-8-15(13)26-16-9-5-7-14(16)18(23-26)20-22-19(24-27-20)17-12-21-10-11-25(17)2;/h3-4,6,8,17,21H,5,7,9-12H2,1-2H3;1H. The van der Waals surface area contributed by atoms with Crippen molar-refractivity contribution in [2.24, 2.45) is 0 Å². The molecular weight excluding hydrogens is 376 g/mol. The molecule has 148 valence electrons. The Morgan fingerprint density at radius 2 is 2.07 bits per heavy atom. The Bertz CT molecular complexity index is 981. The maximum absolute atomic E-state index is 5.67. The van der Waals surface area contributed by atoms with Gasteiger partial charge in [-0.1, -0.05) is 23.4 Å². The van der Waals surface area contributed by atoms with Crippen molar-refractivity contribution in [2.75, 3.05) is 26.7 Å². The molecule has 1 unspecified atom stereocenters. The number of hydrogen-bond donors (Lipinski definition) is 1. The highest BCUT2D eigenvalue weighted by Crippen LogP contribution is 2.34. The van der Waals surface area contributed by atoms with Gasteiger partial charge in [-0.25, -0.2) is 4.68 Å². The van der Waals surface area contributed by atoms with Crippen LogP contribution in [0, 0.1) is 6.92 Å². The van der Waals surface area contributed by atoms with E-state index in [1.807, 2.05) is 0 Å². The van der Waals surface area contributed by atoms with Gasteiger partial charge in [-0.3, -0.25) is 4.90 Å². The number of rotatable bonds is 3. The number of para-hydroxylation sites is 1. The van der Waals surface area contributed by atoms with Crippen LogP contribution in [0.15, 0.2) is 28.8 Å². The van der Waals surface area contributed by atoms with E-state index in [2.05, 4.69) is 58.3 Å². The van der Waals surface area contributed by atoms with Gasteiger partial charge in [0.05, 0.1) is 11.7 Å². The summed E-state index contributed by atoms with van der Waals surface area (Å²) in [6.07, 6.45) is 3.19. The van der Waals surface area contributed by atoms with Crippen LogP contribution >= 0.6 is 12.4 Å². The van der Waals surface area contributed by atoms with Gasteiger partial charge >= 0.3 is 0 Å². The fraction of sp³-hybridized carbons (Fsp3) is 0.450. The Labute approximate surface area is 170 Å². The molecule has 5 rings (SSSR count). The lowest BCUT2D eigenvalue weighted by atomic mass is 10.2. The highest BCUT2D eigenvalue weighted by atomic mass is 35.5. The number of fused-ring (bicyclic) bond motifs is 1. The summed E-state index contributed by atoms with van der Waals surface area (Å²) >= 11 is 0. The molecule has 0 saturated carbocycles. The number of nitrogens with zero attached hydrogens (tertiary/aromatic N) is 5. The second kappa shape index (κ2) is 7.66. The zero-order valence-corrected chi connectivity index (χ0v) is 17.0. The molecule has 0 bridgehead atoms. The van der Waals surface area contributed by atoms with E-state index in [0.29, 0.717) is 5.89 Å². The predicted molar refractivity (Wildman–Crippen MR) is 109 cm³/mol. The Kier molecular flexibility index (Phi) is 5.23. The third-order valence-electron chi connectivity index (χ3n) is 5.73. The maximum atomic E-state index is 5.67. The lowest BCUT2D eigenvalue weighted by Crippen LogP contribution is -2.44. The van der Waals surface area contributed by atoms with Gasteiger partial charge in [-0.05, 0) is 44.9 Å². The summed E-state index contributed by atoms with van der Waals surface area (Å²) in [5.74, 6) is 1.27. The van der Waals surface area contributed by atoms with Crippen LogP contribution in [0.2, 0.25) is 0 Å². The second-order valence-corrected chi connectivity index (χ2v) is 7.48. The topological polar surface area (TPSA) is 72.0 Å². The van der Waals surface area contributed by atoms with Gasteiger partial charge in [-0.2, -0.15) is 10.1 Å². The van der Waals surface area contributed by atoms with Gasteiger partial charge in [0.15, 0.2) is 11.5 Å². The summed E-state index contributed by atoms with van der Waals surface area (Å²) in [5.41, 5.74) is 5.70. The molecule has 0 amide bonds. The van der Waals surface area contributed by atoms with Gasteiger partial charge in [0.25, 0.3) is 5.89 Å². The Hall–Kier alpha value is -2.22. The third-order valence-corrected chi connectivity index (χ3v) is 5.73. The number of aryl methyl sites for hydroxylation is 1. The van der Waals surface area contributed by atoms with E-state index in [9.17, 15) is 0 Å². The largest absolute Gasteiger partial charge is 0.332 e. The Balaban J connectivity index is 0.00000192. The zero-order chi connectivity index (χ0) is 18.4. The van der Waals surface area contributed by atoms with Gasteiger partial charge in [0.1, 0.15) is 0 Å². The van der Waals surface area contributed by atoms with E-state index >= 15 is 0 Å². The van der Waals surface area contributed by atoms with Crippen molar-refractivity contribution in [2.45, 2.75) is 32.2 Å². The molecule has 1 aliphatic carbocycles. The maximum Gasteiger partial charge on any atom is 0.278 e. The summed E-state index contributed by atoms with van der Waals surface area (Å²) in [5, 5.41) is 12.6. The Morgan fingerprint density at radius 3 is 2.89 bits per heavy atom. The van der Waals surface area contributed by atoms with Crippen LogP contribution in [0.4, 0.5) is 0 Å². The number of nitrogens with one attached hydrogen (secondary N) is 1. The lowest BCUT2D eigenvalue weighted by Gasteiger charge is -2.30. The minimum atomic E-state index is 0. The quantitative estimate of drug-likeness (QED) is 0.728. The first kappa shape index (κ1) is 19.1. The molecule has 1 saturated heterocycles. The van der Waals surface area contributed by atoms with Crippen molar-refractivity contribution in [1.82, 2.24) is 30.1 Å². The zero-order valence-electron chi connectivity index (χ0n) is 16.2. The molecule has 2 aliphatic rings. The molecule has 1 aromatic carbocycles. The average molecular weight is 401 g/mol. The lowest BCUT2D eigenvalue weighted by molar-refractivity contribution is 0.190. The molecule has 0 spiro atoms. The molecule has 2 aromatic heterocycles. The average Bonchev–Trinajstić information content (AvgIpc) is 3.39. The number of likely N-dealkylation sites (N-methyl/N-ethyl adjacent to an activating group) is 1. The fourth-order valence-corrected chi connectivity index (χ4v) is 4.17. The first-order chi connectivity index (χ1) is 13.2. The molecule has 1 atom stereocenters. The minimum Gasteiger partial charge on any atom is -0.332 e. The van der Waals surface area contributed by atoms with E-state index in [0.717, 1.165) is 56.1 Å². The molecule has 0 radical (unpaired) electrons. The fourth-order valence-electron chi connectivity index (χ4n) is 4.17. The first-order valence-corrected chi connectivity index (χ1v) is 9.64. The van der Waals surface area contributed by atoms with Crippen LogP contribution in [-0.2, 0) is 12.8 Å². The summed E-state index contributed by atoms with van der Waals surface area (Å²) in [6, 6.07) is 8.49. The number of benzene rings is 1.